The summed E-state index contributed by atoms with van der Waals surface area (Å²) >= 11 is 0. The Morgan fingerprint density at radius 1 is 0.853 bits per heavy atom. The highest BCUT2D eigenvalue weighted by atomic mass is 19.1. The molecule has 1 aliphatic rings. The van der Waals surface area contributed by atoms with Crippen molar-refractivity contribution in [3.63, 3.8) is 0 Å². The number of halogens is 1. The maximum absolute atomic E-state index is 15.3. The Labute approximate surface area is 200 Å². The van der Waals surface area contributed by atoms with Crippen LogP contribution in [-0.2, 0) is 25.0 Å². The fraction of sp³-hybridized carbons (Fsp3) is 0.200. The number of hydrogen-bond acceptors (Lipinski definition) is 3. The summed E-state index contributed by atoms with van der Waals surface area (Å²) in [6.45, 7) is 1.22. The molecular weight excluding hydrogens is 425 g/mol. The van der Waals surface area contributed by atoms with Gasteiger partial charge < -0.3 is 14.8 Å². The molecule has 0 spiro atoms. The number of rotatable bonds is 7. The fourth-order valence-corrected chi connectivity index (χ4v) is 4.94. The van der Waals surface area contributed by atoms with Gasteiger partial charge in [0.25, 0.3) is 0 Å². The number of fused-ring (bicyclic) bond motifs is 1. The second-order valence-electron chi connectivity index (χ2n) is 8.64. The van der Waals surface area contributed by atoms with E-state index in [4.69, 9.17) is 9.47 Å². The maximum atomic E-state index is 15.3. The Morgan fingerprint density at radius 2 is 1.62 bits per heavy atom. The Morgan fingerprint density at radius 3 is 2.44 bits per heavy atom. The Balaban J connectivity index is 1.58. The molecule has 0 fully saturated rings. The zero-order valence-electron chi connectivity index (χ0n) is 19.3. The van der Waals surface area contributed by atoms with Gasteiger partial charge in [0.2, 0.25) is 0 Å². The van der Waals surface area contributed by atoms with Crippen LogP contribution in [0.3, 0.4) is 0 Å². The Kier molecular flexibility index (Phi) is 6.33. The SMILES string of the molecule is COc1ccc2c(c1)CCNC2(Cc1ccccc1OCc1ccccc1)c1ccccc1F. The van der Waals surface area contributed by atoms with E-state index in [1.807, 2.05) is 54.6 Å². The summed E-state index contributed by atoms with van der Waals surface area (Å²) in [5.74, 6) is 1.40. The molecule has 0 aliphatic carbocycles. The first-order chi connectivity index (χ1) is 16.7. The van der Waals surface area contributed by atoms with Gasteiger partial charge in [-0.2, -0.15) is 0 Å². The first-order valence-corrected chi connectivity index (χ1v) is 11.6. The van der Waals surface area contributed by atoms with Gasteiger partial charge in [-0.15, -0.1) is 0 Å². The van der Waals surface area contributed by atoms with Crippen molar-refractivity contribution in [1.29, 1.82) is 0 Å². The number of nitrogens with one attached hydrogen (secondary N) is 1. The molecule has 1 N–H and O–H groups in total. The minimum absolute atomic E-state index is 0.221. The molecule has 1 heterocycles. The third-order valence-corrected chi connectivity index (χ3v) is 6.59. The molecule has 4 aromatic carbocycles. The molecule has 1 aliphatic heterocycles. The van der Waals surface area contributed by atoms with Crippen molar-refractivity contribution in [2.75, 3.05) is 13.7 Å². The third-order valence-electron chi connectivity index (χ3n) is 6.59. The van der Waals surface area contributed by atoms with Crippen molar-refractivity contribution in [3.05, 3.63) is 131 Å². The van der Waals surface area contributed by atoms with E-state index in [1.165, 1.54) is 11.6 Å². The van der Waals surface area contributed by atoms with Crippen LogP contribution in [0, 0.1) is 5.82 Å². The first-order valence-electron chi connectivity index (χ1n) is 11.6. The predicted octanol–water partition coefficient (Wildman–Crippen LogP) is 6.05. The van der Waals surface area contributed by atoms with Crippen LogP contribution in [0.25, 0.3) is 0 Å². The summed E-state index contributed by atoms with van der Waals surface area (Å²) in [4.78, 5) is 0. The zero-order valence-corrected chi connectivity index (χ0v) is 19.3. The molecule has 0 saturated carbocycles. The minimum atomic E-state index is -0.725. The van der Waals surface area contributed by atoms with E-state index in [1.54, 1.807) is 13.2 Å². The second-order valence-corrected chi connectivity index (χ2v) is 8.64. The van der Waals surface area contributed by atoms with Crippen LogP contribution in [0.2, 0.25) is 0 Å². The van der Waals surface area contributed by atoms with Crippen LogP contribution < -0.4 is 14.8 Å². The zero-order chi connectivity index (χ0) is 23.4. The quantitative estimate of drug-likeness (QED) is 0.370. The molecule has 0 saturated heterocycles. The molecule has 34 heavy (non-hydrogen) atoms. The van der Waals surface area contributed by atoms with Crippen molar-refractivity contribution in [2.45, 2.75) is 25.0 Å². The topological polar surface area (TPSA) is 30.5 Å². The molecule has 0 amide bonds. The summed E-state index contributed by atoms with van der Waals surface area (Å²) in [5, 5.41) is 3.70. The highest BCUT2D eigenvalue weighted by Gasteiger charge is 2.40. The lowest BCUT2D eigenvalue weighted by Gasteiger charge is -2.41. The van der Waals surface area contributed by atoms with Crippen LogP contribution in [0.5, 0.6) is 11.5 Å². The average molecular weight is 454 g/mol. The van der Waals surface area contributed by atoms with Crippen LogP contribution in [0.15, 0.2) is 97.1 Å². The molecule has 1 unspecified atom stereocenters. The molecule has 0 bridgehead atoms. The van der Waals surface area contributed by atoms with Crippen molar-refractivity contribution in [1.82, 2.24) is 5.32 Å². The van der Waals surface area contributed by atoms with Gasteiger partial charge >= 0.3 is 0 Å². The molecule has 4 heteroatoms. The average Bonchev–Trinajstić information content (AvgIpc) is 2.89. The number of benzene rings is 4. The van der Waals surface area contributed by atoms with Crippen molar-refractivity contribution in [2.24, 2.45) is 0 Å². The lowest BCUT2D eigenvalue weighted by atomic mass is 9.73. The normalized spacial score (nSPS) is 17.1. The molecule has 4 aromatic rings. The number of ether oxygens (including phenoxy) is 2. The lowest BCUT2D eigenvalue weighted by Crippen LogP contribution is -2.50. The van der Waals surface area contributed by atoms with E-state index < -0.39 is 5.54 Å². The largest absolute Gasteiger partial charge is 0.497 e. The summed E-state index contributed by atoms with van der Waals surface area (Å²) < 4.78 is 27.1. The van der Waals surface area contributed by atoms with E-state index in [9.17, 15) is 0 Å². The van der Waals surface area contributed by atoms with Gasteiger partial charge in [-0.05, 0) is 52.9 Å². The third kappa shape index (κ3) is 4.29. The second kappa shape index (κ2) is 9.70. The summed E-state index contributed by atoms with van der Waals surface area (Å²) in [6, 6.07) is 31.3. The Hall–Kier alpha value is -3.63. The van der Waals surface area contributed by atoms with E-state index in [2.05, 4.69) is 35.6 Å². The van der Waals surface area contributed by atoms with Gasteiger partial charge in [-0.1, -0.05) is 72.8 Å². The Bertz CT molecular complexity index is 1270. The fourth-order valence-electron chi connectivity index (χ4n) is 4.94. The molecule has 1 atom stereocenters. The number of methoxy groups -OCH3 is 1. The van der Waals surface area contributed by atoms with Crippen LogP contribution in [0.4, 0.5) is 4.39 Å². The molecule has 3 nitrogen and oxygen atoms in total. The lowest BCUT2D eigenvalue weighted by molar-refractivity contribution is 0.295. The monoisotopic (exact) mass is 453 g/mol. The van der Waals surface area contributed by atoms with Gasteiger partial charge in [-0.3, -0.25) is 0 Å². The summed E-state index contributed by atoms with van der Waals surface area (Å²) in [6.07, 6.45) is 1.41. The van der Waals surface area contributed by atoms with E-state index in [0.29, 0.717) is 18.6 Å². The minimum Gasteiger partial charge on any atom is -0.497 e. The van der Waals surface area contributed by atoms with Gasteiger partial charge in [0, 0.05) is 18.5 Å². The summed E-state index contributed by atoms with van der Waals surface area (Å²) in [7, 11) is 1.67. The standard InChI is InChI=1S/C30H28FNO2/c1-33-25-15-16-26-23(19-25)17-18-32-30(26,27-12-6-7-13-28(27)31)20-24-11-5-8-14-29(24)34-21-22-9-3-2-4-10-22/h2-16,19,32H,17-18,20-21H2,1H3. The van der Waals surface area contributed by atoms with Gasteiger partial charge in [0.15, 0.2) is 0 Å². The van der Waals surface area contributed by atoms with Gasteiger partial charge in [0.1, 0.15) is 23.9 Å². The van der Waals surface area contributed by atoms with Crippen molar-refractivity contribution in [3.8, 4) is 11.5 Å². The maximum Gasteiger partial charge on any atom is 0.128 e. The van der Waals surface area contributed by atoms with Gasteiger partial charge in [0.05, 0.1) is 12.6 Å². The van der Waals surface area contributed by atoms with E-state index in [-0.39, 0.29) is 5.82 Å². The number of para-hydroxylation sites is 1. The summed E-state index contributed by atoms with van der Waals surface area (Å²) in [5.41, 5.74) is 4.29. The number of hydrogen-bond donors (Lipinski definition) is 1. The van der Waals surface area contributed by atoms with Crippen LogP contribution in [-0.4, -0.2) is 13.7 Å². The van der Waals surface area contributed by atoms with E-state index in [0.717, 1.165) is 41.2 Å². The van der Waals surface area contributed by atoms with Crippen LogP contribution >= 0.6 is 0 Å². The van der Waals surface area contributed by atoms with Crippen LogP contribution in [0.1, 0.15) is 27.8 Å². The molecular formula is C30H28FNO2. The molecule has 5 rings (SSSR count). The van der Waals surface area contributed by atoms with Gasteiger partial charge in [-0.25, -0.2) is 4.39 Å². The smallest absolute Gasteiger partial charge is 0.128 e. The highest BCUT2D eigenvalue weighted by Crippen LogP contribution is 2.41. The highest BCUT2D eigenvalue weighted by molar-refractivity contribution is 5.51. The predicted molar refractivity (Wildman–Crippen MR) is 133 cm³/mol. The van der Waals surface area contributed by atoms with Crippen molar-refractivity contribution >= 4 is 0 Å². The molecule has 0 aromatic heterocycles. The first kappa shape index (κ1) is 22.2. The van der Waals surface area contributed by atoms with Crippen molar-refractivity contribution < 1.29 is 13.9 Å². The molecule has 0 radical (unpaired) electrons. The van der Waals surface area contributed by atoms with E-state index >= 15 is 4.39 Å². The molecule has 172 valence electrons.